The molecule has 0 fully saturated rings. The minimum absolute atomic E-state index is 0.00939. The summed E-state index contributed by atoms with van der Waals surface area (Å²) in [5.74, 6) is -1.20. The Kier molecular flexibility index (Phi) is 11.6. The number of rotatable bonds is 15. The van der Waals surface area contributed by atoms with Gasteiger partial charge in [0.2, 0.25) is 10.0 Å². The molecule has 0 unspecified atom stereocenters. The number of sulfonamides is 1. The van der Waals surface area contributed by atoms with Gasteiger partial charge in [0.05, 0.1) is 17.0 Å². The van der Waals surface area contributed by atoms with E-state index in [-0.39, 0.29) is 28.5 Å². The molecule has 4 aromatic carbocycles. The molecule has 0 radical (unpaired) electrons. The van der Waals surface area contributed by atoms with Gasteiger partial charge in [0, 0.05) is 0 Å². The molecule has 45 heavy (non-hydrogen) atoms. The molecule has 0 amide bonds. The van der Waals surface area contributed by atoms with E-state index in [0.29, 0.717) is 18.9 Å². The van der Waals surface area contributed by atoms with Gasteiger partial charge in [0.1, 0.15) is 11.3 Å². The van der Waals surface area contributed by atoms with Crippen LogP contribution in [0.25, 0.3) is 0 Å². The number of hydrogen-bond donors (Lipinski definition) is 1. The second-order valence-corrected chi connectivity index (χ2v) is 12.4. The molecular formula is C35H36F3NO5S. The lowest BCUT2D eigenvalue weighted by molar-refractivity contribution is -0.137. The highest BCUT2D eigenvalue weighted by Crippen LogP contribution is 2.38. The van der Waals surface area contributed by atoms with Gasteiger partial charge >= 0.3 is 12.1 Å². The third-order valence-electron chi connectivity index (χ3n) is 7.10. The first-order chi connectivity index (χ1) is 21.6. The van der Waals surface area contributed by atoms with Crippen LogP contribution >= 0.6 is 0 Å². The van der Waals surface area contributed by atoms with Crippen molar-refractivity contribution in [2.75, 3.05) is 10.5 Å². The molecule has 0 bridgehead atoms. The van der Waals surface area contributed by atoms with Gasteiger partial charge in [-0.25, -0.2) is 13.2 Å². The van der Waals surface area contributed by atoms with Crippen LogP contribution in [0.5, 0.6) is 11.5 Å². The van der Waals surface area contributed by atoms with E-state index in [0.717, 1.165) is 48.9 Å². The molecule has 1 N–H and O–H groups in total. The summed E-state index contributed by atoms with van der Waals surface area (Å²) in [4.78, 5) is 13.6. The maximum Gasteiger partial charge on any atom is 0.416 e. The van der Waals surface area contributed by atoms with E-state index in [4.69, 9.17) is 9.47 Å². The summed E-state index contributed by atoms with van der Waals surface area (Å²) in [5.41, 5.74) is 0.0504. The fourth-order valence-electron chi connectivity index (χ4n) is 4.76. The number of carbonyl (C=O) groups excluding carboxylic acids is 1. The monoisotopic (exact) mass is 639 g/mol. The second-order valence-electron chi connectivity index (χ2n) is 10.6. The minimum Gasteiger partial charge on any atom is -0.454 e. The zero-order chi connectivity index (χ0) is 32.3. The molecule has 0 atom stereocenters. The average molecular weight is 640 g/mol. The van der Waals surface area contributed by atoms with E-state index < -0.39 is 33.8 Å². The SMILES string of the molecule is CCCCCCCCS(=O)(=O)Nc1cc(C(F)(F)F)ccc1Oc1ccccc1C(=O)OC(c1ccccc1)c1ccccc1. The number of anilines is 1. The van der Waals surface area contributed by atoms with E-state index >= 15 is 0 Å². The molecule has 0 aromatic heterocycles. The molecule has 0 aliphatic heterocycles. The van der Waals surface area contributed by atoms with Crippen molar-refractivity contribution in [3.8, 4) is 11.5 Å². The van der Waals surface area contributed by atoms with Crippen LogP contribution in [0.3, 0.4) is 0 Å². The Morgan fingerprint density at radius 3 is 1.96 bits per heavy atom. The summed E-state index contributed by atoms with van der Waals surface area (Å²) in [7, 11) is -4.00. The molecule has 0 saturated heterocycles. The number of carbonyl (C=O) groups is 1. The first kappa shape index (κ1) is 33.6. The molecule has 0 aliphatic rings. The quantitative estimate of drug-likeness (QED) is 0.104. The lowest BCUT2D eigenvalue weighted by atomic mass is 10.0. The Hall–Kier alpha value is -4.31. The molecule has 4 rings (SSSR count). The van der Waals surface area contributed by atoms with Crippen LogP contribution < -0.4 is 9.46 Å². The summed E-state index contributed by atoms with van der Waals surface area (Å²) in [6, 6.07) is 27.0. The van der Waals surface area contributed by atoms with Crippen LogP contribution in [-0.4, -0.2) is 20.1 Å². The van der Waals surface area contributed by atoms with Crippen LogP contribution in [0.4, 0.5) is 18.9 Å². The van der Waals surface area contributed by atoms with Crippen LogP contribution in [0.15, 0.2) is 103 Å². The van der Waals surface area contributed by atoms with E-state index in [2.05, 4.69) is 11.6 Å². The Labute approximate surface area is 262 Å². The van der Waals surface area contributed by atoms with Crippen molar-refractivity contribution in [2.24, 2.45) is 0 Å². The Morgan fingerprint density at radius 2 is 1.33 bits per heavy atom. The standard InChI is InChI=1S/C35H36F3NO5S/c1-2-3-4-5-6-15-24-45(41,42)39-30-25-28(35(36,37)38)22-23-32(30)43-31-21-14-13-20-29(31)34(40)44-33(26-16-9-7-10-17-26)27-18-11-8-12-19-27/h7-14,16-23,25,33,39H,2-6,15,24H2,1H3. The Morgan fingerprint density at radius 1 is 0.756 bits per heavy atom. The molecule has 0 saturated carbocycles. The van der Waals surface area contributed by atoms with Gasteiger partial charge in [0.25, 0.3) is 0 Å². The highest BCUT2D eigenvalue weighted by molar-refractivity contribution is 7.92. The topological polar surface area (TPSA) is 81.7 Å². The van der Waals surface area contributed by atoms with Crippen LogP contribution in [0, 0.1) is 0 Å². The second kappa shape index (κ2) is 15.6. The largest absolute Gasteiger partial charge is 0.454 e. The van der Waals surface area contributed by atoms with Gasteiger partial charge in [0.15, 0.2) is 11.9 Å². The third-order valence-corrected chi connectivity index (χ3v) is 8.45. The zero-order valence-corrected chi connectivity index (χ0v) is 25.7. The van der Waals surface area contributed by atoms with Crippen LogP contribution in [0.1, 0.15) is 78.6 Å². The molecule has 0 aliphatic carbocycles. The summed E-state index contributed by atoms with van der Waals surface area (Å²) in [6.07, 6.45) is -0.420. The molecule has 0 heterocycles. The molecule has 238 valence electrons. The van der Waals surface area contributed by atoms with Gasteiger partial charge in [-0.15, -0.1) is 0 Å². The highest BCUT2D eigenvalue weighted by atomic mass is 32.2. The van der Waals surface area contributed by atoms with Crippen LogP contribution in [0.2, 0.25) is 0 Å². The van der Waals surface area contributed by atoms with Gasteiger partial charge in [-0.3, -0.25) is 4.72 Å². The highest BCUT2D eigenvalue weighted by Gasteiger charge is 2.32. The number of nitrogens with one attached hydrogen (secondary N) is 1. The molecule has 4 aromatic rings. The number of halogens is 3. The van der Waals surface area contributed by atoms with Crippen molar-refractivity contribution < 1.29 is 35.9 Å². The molecule has 10 heteroatoms. The van der Waals surface area contributed by atoms with Crippen molar-refractivity contribution in [1.82, 2.24) is 0 Å². The van der Waals surface area contributed by atoms with E-state index in [1.54, 1.807) is 12.1 Å². The summed E-state index contributed by atoms with van der Waals surface area (Å²) in [6.45, 7) is 2.08. The number of esters is 1. The predicted molar refractivity (Wildman–Crippen MR) is 169 cm³/mol. The average Bonchev–Trinajstić information content (AvgIpc) is 3.02. The number of para-hydroxylation sites is 1. The number of benzene rings is 4. The first-order valence-corrected chi connectivity index (χ1v) is 16.5. The van der Waals surface area contributed by atoms with Crippen molar-refractivity contribution in [3.05, 3.63) is 125 Å². The lowest BCUT2D eigenvalue weighted by Crippen LogP contribution is -2.18. The number of alkyl halides is 3. The molecular weight excluding hydrogens is 603 g/mol. The van der Waals surface area contributed by atoms with E-state index in [1.807, 2.05) is 60.7 Å². The normalized spacial score (nSPS) is 11.8. The molecule has 0 spiro atoms. The van der Waals surface area contributed by atoms with E-state index in [1.165, 1.54) is 12.1 Å². The zero-order valence-electron chi connectivity index (χ0n) is 24.9. The first-order valence-electron chi connectivity index (χ1n) is 14.9. The van der Waals surface area contributed by atoms with Gasteiger partial charge in [-0.05, 0) is 47.9 Å². The maximum absolute atomic E-state index is 13.6. The van der Waals surface area contributed by atoms with Gasteiger partial charge < -0.3 is 9.47 Å². The van der Waals surface area contributed by atoms with Crippen LogP contribution in [-0.2, 0) is 20.9 Å². The smallest absolute Gasteiger partial charge is 0.416 e. The van der Waals surface area contributed by atoms with Crippen molar-refractivity contribution in [1.29, 1.82) is 0 Å². The fourth-order valence-corrected chi connectivity index (χ4v) is 5.94. The minimum atomic E-state index is -4.72. The predicted octanol–water partition coefficient (Wildman–Crippen LogP) is 9.55. The van der Waals surface area contributed by atoms with Gasteiger partial charge in [-0.2, -0.15) is 13.2 Å². The van der Waals surface area contributed by atoms with Crippen molar-refractivity contribution in [3.63, 3.8) is 0 Å². The summed E-state index contributed by atoms with van der Waals surface area (Å²) in [5, 5.41) is 0. The number of ether oxygens (including phenoxy) is 2. The fraction of sp³-hybridized carbons (Fsp3) is 0.286. The number of unbranched alkanes of at least 4 members (excludes halogenated alkanes) is 5. The summed E-state index contributed by atoms with van der Waals surface area (Å²) < 4.78 is 80.8. The Balaban J connectivity index is 1.60. The molecule has 6 nitrogen and oxygen atoms in total. The number of hydrogen-bond acceptors (Lipinski definition) is 5. The lowest BCUT2D eigenvalue weighted by Gasteiger charge is -2.20. The van der Waals surface area contributed by atoms with Crippen molar-refractivity contribution >= 4 is 21.7 Å². The summed E-state index contributed by atoms with van der Waals surface area (Å²) >= 11 is 0. The van der Waals surface area contributed by atoms with E-state index in [9.17, 15) is 26.4 Å². The third kappa shape index (κ3) is 9.84. The Bertz CT molecular complexity index is 1610. The van der Waals surface area contributed by atoms with Crippen molar-refractivity contribution in [2.45, 2.75) is 57.7 Å². The van der Waals surface area contributed by atoms with Gasteiger partial charge in [-0.1, -0.05) is 112 Å². The maximum atomic E-state index is 13.6.